The minimum absolute atomic E-state index is 0.0665. The van der Waals surface area contributed by atoms with E-state index in [1.165, 1.54) is 12.4 Å². The smallest absolute Gasteiger partial charge is 0.341 e. The van der Waals surface area contributed by atoms with Crippen LogP contribution in [0.2, 0.25) is 0 Å². The molecule has 3 rings (SSSR count). The van der Waals surface area contributed by atoms with Gasteiger partial charge >= 0.3 is 5.97 Å². The summed E-state index contributed by atoms with van der Waals surface area (Å²) in [6.45, 7) is 3.51. The number of rotatable bonds is 5. The SMILES string of the molecule is CC=CC#CCC(C(=O)O)(c1nc(-c2ccccc2)oc1C)n1nccn1. The number of allylic oxidation sites excluding steroid dienone is 2. The van der Waals surface area contributed by atoms with Crippen LogP contribution in [0.15, 0.2) is 59.3 Å². The van der Waals surface area contributed by atoms with E-state index in [1.54, 1.807) is 19.1 Å². The Morgan fingerprint density at radius 2 is 2.00 bits per heavy atom. The Kier molecular flexibility index (Phi) is 5.18. The van der Waals surface area contributed by atoms with E-state index < -0.39 is 11.5 Å². The van der Waals surface area contributed by atoms with Crippen LogP contribution in [0, 0.1) is 18.8 Å². The Balaban J connectivity index is 2.18. The molecule has 136 valence electrons. The second-order valence-corrected chi connectivity index (χ2v) is 5.77. The molecule has 0 aliphatic carbocycles. The van der Waals surface area contributed by atoms with Crippen molar-refractivity contribution in [3.05, 3.63) is 66.3 Å². The van der Waals surface area contributed by atoms with Gasteiger partial charge in [-0.05, 0) is 32.1 Å². The van der Waals surface area contributed by atoms with Gasteiger partial charge in [-0.2, -0.15) is 15.0 Å². The summed E-state index contributed by atoms with van der Waals surface area (Å²) in [6.07, 6.45) is 6.20. The van der Waals surface area contributed by atoms with Crippen molar-refractivity contribution in [1.82, 2.24) is 20.0 Å². The van der Waals surface area contributed by atoms with E-state index in [0.717, 1.165) is 10.4 Å². The molecule has 0 fully saturated rings. The minimum Gasteiger partial charge on any atom is -0.479 e. The average molecular weight is 362 g/mol. The highest BCUT2D eigenvalue weighted by atomic mass is 16.4. The maximum Gasteiger partial charge on any atom is 0.341 e. The number of nitrogens with zero attached hydrogens (tertiary/aromatic N) is 4. The Morgan fingerprint density at radius 1 is 1.30 bits per heavy atom. The minimum atomic E-state index is -1.70. The van der Waals surface area contributed by atoms with E-state index in [0.29, 0.717) is 11.7 Å². The maximum absolute atomic E-state index is 12.4. The zero-order valence-electron chi connectivity index (χ0n) is 15.0. The van der Waals surface area contributed by atoms with Crippen molar-refractivity contribution < 1.29 is 14.3 Å². The van der Waals surface area contributed by atoms with Gasteiger partial charge in [0.1, 0.15) is 11.5 Å². The van der Waals surface area contributed by atoms with Gasteiger partial charge in [-0.15, -0.1) is 0 Å². The number of benzene rings is 1. The number of hydrogen-bond acceptors (Lipinski definition) is 5. The first-order valence-electron chi connectivity index (χ1n) is 8.32. The predicted octanol–water partition coefficient (Wildman–Crippen LogP) is 3.04. The zero-order chi connectivity index (χ0) is 19.3. The molecule has 1 N–H and O–H groups in total. The molecular weight excluding hydrogens is 344 g/mol. The molecule has 27 heavy (non-hydrogen) atoms. The second kappa shape index (κ2) is 7.70. The van der Waals surface area contributed by atoms with Gasteiger partial charge in [0.05, 0.1) is 18.8 Å². The van der Waals surface area contributed by atoms with Crippen molar-refractivity contribution in [2.24, 2.45) is 0 Å². The van der Waals surface area contributed by atoms with Crippen molar-refractivity contribution in [3.63, 3.8) is 0 Å². The summed E-state index contributed by atoms with van der Waals surface area (Å²) in [7, 11) is 0. The van der Waals surface area contributed by atoms with Crippen LogP contribution < -0.4 is 0 Å². The molecule has 0 saturated heterocycles. The normalized spacial score (nSPS) is 13.1. The van der Waals surface area contributed by atoms with E-state index in [4.69, 9.17) is 4.42 Å². The molecule has 1 atom stereocenters. The third-order valence-corrected chi connectivity index (χ3v) is 4.02. The molecule has 0 amide bonds. The van der Waals surface area contributed by atoms with E-state index in [-0.39, 0.29) is 12.1 Å². The highest BCUT2D eigenvalue weighted by Crippen LogP contribution is 2.33. The van der Waals surface area contributed by atoms with Gasteiger partial charge in [-0.1, -0.05) is 36.1 Å². The lowest BCUT2D eigenvalue weighted by Gasteiger charge is -2.24. The van der Waals surface area contributed by atoms with Crippen LogP contribution in [0.3, 0.4) is 0 Å². The summed E-state index contributed by atoms with van der Waals surface area (Å²) in [6, 6.07) is 9.28. The topological polar surface area (TPSA) is 94.0 Å². The molecule has 2 heterocycles. The third kappa shape index (κ3) is 3.37. The van der Waals surface area contributed by atoms with Gasteiger partial charge < -0.3 is 9.52 Å². The number of aromatic nitrogens is 4. The van der Waals surface area contributed by atoms with Crippen LogP contribution >= 0.6 is 0 Å². The number of aryl methyl sites for hydroxylation is 1. The standard InChI is InChI=1S/C20H18N4O3/c1-3-4-5-9-12-20(19(25)26,24-21-13-14-22-24)17-15(2)27-18(23-17)16-10-7-6-8-11-16/h3-4,6-8,10-11,13-14H,12H2,1-2H3,(H,25,26). The van der Waals surface area contributed by atoms with E-state index in [9.17, 15) is 9.90 Å². The number of carboxylic acids is 1. The molecule has 0 bridgehead atoms. The van der Waals surface area contributed by atoms with Crippen LogP contribution in [-0.2, 0) is 10.3 Å². The molecule has 0 spiro atoms. The number of carbonyl (C=O) groups is 1. The van der Waals surface area contributed by atoms with E-state index in [2.05, 4.69) is 27.0 Å². The van der Waals surface area contributed by atoms with Gasteiger partial charge in [-0.25, -0.2) is 9.78 Å². The van der Waals surface area contributed by atoms with Crippen molar-refractivity contribution in [1.29, 1.82) is 0 Å². The molecule has 7 nitrogen and oxygen atoms in total. The second-order valence-electron chi connectivity index (χ2n) is 5.77. The van der Waals surface area contributed by atoms with Crippen LogP contribution in [0.4, 0.5) is 0 Å². The van der Waals surface area contributed by atoms with Gasteiger partial charge in [0.25, 0.3) is 0 Å². The van der Waals surface area contributed by atoms with Gasteiger partial charge in [0, 0.05) is 5.56 Å². The molecule has 0 aliphatic heterocycles. The van der Waals surface area contributed by atoms with Crippen LogP contribution in [0.25, 0.3) is 11.5 Å². The summed E-state index contributed by atoms with van der Waals surface area (Å²) < 4.78 is 5.78. The van der Waals surface area contributed by atoms with Crippen molar-refractivity contribution in [2.75, 3.05) is 0 Å². The first-order valence-corrected chi connectivity index (χ1v) is 8.32. The highest BCUT2D eigenvalue weighted by molar-refractivity contribution is 5.81. The van der Waals surface area contributed by atoms with E-state index >= 15 is 0 Å². The fraction of sp³-hybridized carbons (Fsp3) is 0.200. The summed E-state index contributed by atoms with van der Waals surface area (Å²) in [5, 5.41) is 18.3. The summed E-state index contributed by atoms with van der Waals surface area (Å²) >= 11 is 0. The first kappa shape index (κ1) is 18.1. The lowest BCUT2D eigenvalue weighted by atomic mass is 9.91. The molecular formula is C20H18N4O3. The quantitative estimate of drug-likeness (QED) is 0.701. The third-order valence-electron chi connectivity index (χ3n) is 4.02. The molecule has 3 aromatic rings. The largest absolute Gasteiger partial charge is 0.479 e. The van der Waals surface area contributed by atoms with Crippen LogP contribution in [0.1, 0.15) is 24.8 Å². The van der Waals surface area contributed by atoms with E-state index in [1.807, 2.05) is 37.3 Å². The summed E-state index contributed by atoms with van der Waals surface area (Å²) in [4.78, 5) is 18.0. The Bertz CT molecular complexity index is 1010. The fourth-order valence-corrected chi connectivity index (χ4v) is 2.73. The summed E-state index contributed by atoms with van der Waals surface area (Å²) in [5.74, 6) is 5.23. The average Bonchev–Trinajstić information content (AvgIpc) is 3.33. The number of hydrogen-bond donors (Lipinski definition) is 1. The Morgan fingerprint density at radius 3 is 2.63 bits per heavy atom. The highest BCUT2D eigenvalue weighted by Gasteiger charge is 2.48. The molecule has 0 saturated carbocycles. The molecule has 2 aromatic heterocycles. The van der Waals surface area contributed by atoms with Crippen molar-refractivity contribution in [3.8, 4) is 23.3 Å². The number of oxazole rings is 1. The van der Waals surface area contributed by atoms with Crippen LogP contribution in [-0.4, -0.2) is 31.1 Å². The first-order chi connectivity index (χ1) is 13.1. The van der Waals surface area contributed by atoms with Gasteiger partial charge in [-0.3, -0.25) is 0 Å². The zero-order valence-corrected chi connectivity index (χ0v) is 15.0. The van der Waals surface area contributed by atoms with Crippen LogP contribution in [0.5, 0.6) is 0 Å². The summed E-state index contributed by atoms with van der Waals surface area (Å²) in [5.41, 5.74) is -0.724. The molecule has 1 aromatic carbocycles. The molecule has 0 radical (unpaired) electrons. The van der Waals surface area contributed by atoms with Gasteiger partial charge in [0.15, 0.2) is 0 Å². The maximum atomic E-state index is 12.4. The molecule has 1 unspecified atom stereocenters. The lowest BCUT2D eigenvalue weighted by Crippen LogP contribution is -2.45. The lowest BCUT2D eigenvalue weighted by molar-refractivity contribution is -0.146. The Hall–Kier alpha value is -3.66. The van der Waals surface area contributed by atoms with Crippen molar-refractivity contribution in [2.45, 2.75) is 25.8 Å². The van der Waals surface area contributed by atoms with Gasteiger partial charge in [0.2, 0.25) is 11.4 Å². The Labute approximate surface area is 156 Å². The molecule has 7 heteroatoms. The number of aliphatic carboxylic acids is 1. The number of carboxylic acid groups (broad SMARTS) is 1. The molecule has 0 aliphatic rings. The monoisotopic (exact) mass is 362 g/mol. The van der Waals surface area contributed by atoms with Crippen molar-refractivity contribution >= 4 is 5.97 Å². The predicted molar refractivity (Wildman–Crippen MR) is 98.6 cm³/mol. The fourth-order valence-electron chi connectivity index (χ4n) is 2.73.